The van der Waals surface area contributed by atoms with Gasteiger partial charge in [-0.15, -0.1) is 0 Å². The third-order valence-electron chi connectivity index (χ3n) is 7.54. The Bertz CT molecular complexity index is 1360. The molecule has 1 saturated carbocycles. The van der Waals surface area contributed by atoms with Crippen LogP contribution in [0.2, 0.25) is 0 Å². The summed E-state index contributed by atoms with van der Waals surface area (Å²) >= 11 is 0. The molecule has 2 aliphatic rings. The maximum Gasteiger partial charge on any atom is 0.295 e. The van der Waals surface area contributed by atoms with E-state index in [1.165, 1.54) is 0 Å². The van der Waals surface area contributed by atoms with Gasteiger partial charge >= 0.3 is 0 Å². The molecule has 1 saturated heterocycles. The number of aryl methyl sites for hydroxylation is 1. The summed E-state index contributed by atoms with van der Waals surface area (Å²) in [5.41, 5.74) is 3.22. The number of carbonyl (C=O) groups excluding carboxylic acids is 2. The second-order valence-corrected chi connectivity index (χ2v) is 10.0. The van der Waals surface area contributed by atoms with Crippen LogP contribution in [-0.4, -0.2) is 34.8 Å². The van der Waals surface area contributed by atoms with Crippen molar-refractivity contribution < 1.29 is 24.2 Å². The molecular formula is C32H33NO5. The van der Waals surface area contributed by atoms with Gasteiger partial charge in [-0.1, -0.05) is 61.7 Å². The van der Waals surface area contributed by atoms with Crippen LogP contribution in [0.3, 0.4) is 0 Å². The Balaban J connectivity index is 1.52. The highest BCUT2D eigenvalue weighted by Crippen LogP contribution is 2.44. The van der Waals surface area contributed by atoms with E-state index in [9.17, 15) is 14.7 Å². The van der Waals surface area contributed by atoms with Crippen LogP contribution in [0.4, 0.5) is 0 Å². The number of carbonyl (C=O) groups is 2. The third kappa shape index (κ3) is 5.03. The predicted octanol–water partition coefficient (Wildman–Crippen LogP) is 6.34. The minimum Gasteiger partial charge on any atom is -0.507 e. The molecule has 0 bridgehead atoms. The molecule has 5 rings (SSSR count). The van der Waals surface area contributed by atoms with Gasteiger partial charge in [0.25, 0.3) is 11.7 Å². The van der Waals surface area contributed by atoms with Gasteiger partial charge in [0.1, 0.15) is 23.9 Å². The van der Waals surface area contributed by atoms with Crippen molar-refractivity contribution in [2.45, 2.75) is 57.7 Å². The number of rotatable bonds is 7. The minimum absolute atomic E-state index is 0.0443. The molecule has 1 N–H and O–H groups in total. The smallest absolute Gasteiger partial charge is 0.295 e. The van der Waals surface area contributed by atoms with Crippen molar-refractivity contribution in [3.05, 3.63) is 101 Å². The lowest BCUT2D eigenvalue weighted by atomic mass is 9.90. The van der Waals surface area contributed by atoms with Gasteiger partial charge in [-0.05, 0) is 66.8 Å². The van der Waals surface area contributed by atoms with Gasteiger partial charge in [-0.3, -0.25) is 9.59 Å². The maximum atomic E-state index is 13.5. The molecule has 0 aromatic heterocycles. The SMILES string of the molecule is COc1cccc(C2/C(=C(/O)c3ccc(OCc4ccccc4)c(C)c3)C(=O)C(=O)N2C2CCCCC2)c1. The highest BCUT2D eigenvalue weighted by molar-refractivity contribution is 6.46. The first kappa shape index (κ1) is 25.6. The van der Waals surface area contributed by atoms with E-state index < -0.39 is 17.7 Å². The van der Waals surface area contributed by atoms with Crippen molar-refractivity contribution in [3.8, 4) is 11.5 Å². The second-order valence-electron chi connectivity index (χ2n) is 10.0. The number of methoxy groups -OCH3 is 1. The fourth-order valence-electron chi connectivity index (χ4n) is 5.57. The van der Waals surface area contributed by atoms with Gasteiger partial charge in [0.15, 0.2) is 0 Å². The zero-order valence-electron chi connectivity index (χ0n) is 21.9. The number of amides is 1. The lowest BCUT2D eigenvalue weighted by Crippen LogP contribution is -2.40. The Hall–Kier alpha value is -4.06. The molecule has 3 aromatic rings. The molecule has 1 amide bonds. The second kappa shape index (κ2) is 11.1. The zero-order chi connectivity index (χ0) is 26.6. The Morgan fingerprint density at radius 2 is 1.71 bits per heavy atom. The molecular weight excluding hydrogens is 478 g/mol. The first-order valence-corrected chi connectivity index (χ1v) is 13.2. The number of aliphatic hydroxyl groups is 1. The lowest BCUT2D eigenvalue weighted by Gasteiger charge is -2.35. The molecule has 3 aromatic carbocycles. The van der Waals surface area contributed by atoms with Crippen molar-refractivity contribution in [3.63, 3.8) is 0 Å². The summed E-state index contributed by atoms with van der Waals surface area (Å²) in [5, 5.41) is 11.5. The number of ether oxygens (including phenoxy) is 2. The van der Waals surface area contributed by atoms with Crippen LogP contribution in [0.15, 0.2) is 78.4 Å². The Labute approximate surface area is 223 Å². The van der Waals surface area contributed by atoms with Crippen LogP contribution < -0.4 is 9.47 Å². The summed E-state index contributed by atoms with van der Waals surface area (Å²) < 4.78 is 11.4. The summed E-state index contributed by atoms with van der Waals surface area (Å²) in [4.78, 5) is 28.6. The quantitative estimate of drug-likeness (QED) is 0.228. The van der Waals surface area contributed by atoms with Gasteiger partial charge in [0.05, 0.1) is 18.7 Å². The Morgan fingerprint density at radius 3 is 2.42 bits per heavy atom. The number of likely N-dealkylation sites (tertiary alicyclic amines) is 1. The molecule has 0 radical (unpaired) electrons. The normalized spacial score (nSPS) is 19.5. The van der Waals surface area contributed by atoms with E-state index in [4.69, 9.17) is 9.47 Å². The molecule has 1 heterocycles. The molecule has 6 nitrogen and oxygen atoms in total. The molecule has 6 heteroatoms. The van der Waals surface area contributed by atoms with E-state index in [-0.39, 0.29) is 17.4 Å². The summed E-state index contributed by atoms with van der Waals surface area (Å²) in [6, 6.07) is 21.9. The molecule has 1 unspecified atom stereocenters. The predicted molar refractivity (Wildman–Crippen MR) is 146 cm³/mol. The summed E-state index contributed by atoms with van der Waals surface area (Å²) in [7, 11) is 1.58. The van der Waals surface area contributed by atoms with Gasteiger partial charge in [-0.2, -0.15) is 0 Å². The fraction of sp³-hybridized carbons (Fsp3) is 0.312. The van der Waals surface area contributed by atoms with Crippen LogP contribution >= 0.6 is 0 Å². The first-order valence-electron chi connectivity index (χ1n) is 13.2. The van der Waals surface area contributed by atoms with Crippen molar-refractivity contribution in [1.29, 1.82) is 0 Å². The van der Waals surface area contributed by atoms with Crippen molar-refractivity contribution in [2.75, 3.05) is 7.11 Å². The first-order chi connectivity index (χ1) is 18.5. The maximum absolute atomic E-state index is 13.5. The van der Waals surface area contributed by atoms with Crippen LogP contribution in [0.25, 0.3) is 5.76 Å². The number of hydrogen-bond acceptors (Lipinski definition) is 5. The summed E-state index contributed by atoms with van der Waals surface area (Å²) in [5.74, 6) is -0.0501. The third-order valence-corrected chi connectivity index (χ3v) is 7.54. The van der Waals surface area contributed by atoms with Crippen LogP contribution in [0.1, 0.15) is 60.4 Å². The number of Topliss-reactive ketones (excluding diaryl/α,β-unsaturated/α-hetero) is 1. The largest absolute Gasteiger partial charge is 0.507 e. The van der Waals surface area contributed by atoms with E-state index in [1.54, 1.807) is 30.2 Å². The number of nitrogens with zero attached hydrogens (tertiary/aromatic N) is 1. The molecule has 38 heavy (non-hydrogen) atoms. The van der Waals surface area contributed by atoms with Crippen LogP contribution in [-0.2, 0) is 16.2 Å². The Morgan fingerprint density at radius 1 is 0.947 bits per heavy atom. The van der Waals surface area contributed by atoms with Crippen molar-refractivity contribution in [2.24, 2.45) is 0 Å². The molecule has 2 fully saturated rings. The van der Waals surface area contributed by atoms with E-state index in [2.05, 4.69) is 0 Å². The highest BCUT2D eigenvalue weighted by Gasteiger charge is 2.49. The molecule has 0 spiro atoms. The lowest BCUT2D eigenvalue weighted by molar-refractivity contribution is -0.141. The van der Waals surface area contributed by atoms with E-state index >= 15 is 0 Å². The Kier molecular flexibility index (Phi) is 7.50. The summed E-state index contributed by atoms with van der Waals surface area (Å²) in [6.07, 6.45) is 4.85. The van der Waals surface area contributed by atoms with Crippen LogP contribution in [0.5, 0.6) is 11.5 Å². The van der Waals surface area contributed by atoms with Crippen molar-refractivity contribution in [1.82, 2.24) is 4.90 Å². The van der Waals surface area contributed by atoms with Gasteiger partial charge in [0, 0.05) is 11.6 Å². The van der Waals surface area contributed by atoms with Gasteiger partial charge in [-0.25, -0.2) is 0 Å². The average molecular weight is 512 g/mol. The minimum atomic E-state index is -0.678. The molecule has 196 valence electrons. The molecule has 1 atom stereocenters. The van der Waals surface area contributed by atoms with Gasteiger partial charge in [0.2, 0.25) is 0 Å². The number of ketones is 1. The monoisotopic (exact) mass is 511 g/mol. The van der Waals surface area contributed by atoms with Crippen molar-refractivity contribution >= 4 is 17.4 Å². The molecule has 1 aliphatic heterocycles. The number of benzene rings is 3. The van der Waals surface area contributed by atoms with E-state index in [0.717, 1.165) is 48.8 Å². The van der Waals surface area contributed by atoms with Crippen LogP contribution in [0, 0.1) is 6.92 Å². The zero-order valence-corrected chi connectivity index (χ0v) is 21.9. The topological polar surface area (TPSA) is 76.1 Å². The summed E-state index contributed by atoms with van der Waals surface area (Å²) in [6.45, 7) is 2.33. The average Bonchev–Trinajstić information content (AvgIpc) is 3.23. The number of aliphatic hydroxyl groups excluding tert-OH is 1. The number of hydrogen-bond donors (Lipinski definition) is 1. The molecule has 1 aliphatic carbocycles. The highest BCUT2D eigenvalue weighted by atomic mass is 16.5. The van der Waals surface area contributed by atoms with E-state index in [0.29, 0.717) is 23.7 Å². The van der Waals surface area contributed by atoms with E-state index in [1.807, 2.05) is 61.5 Å². The standard InChI is InChI=1S/C32H33NO5/c1-21-18-24(16-17-27(21)38-20-22-10-5-3-6-11-22)30(34)28-29(23-12-9-15-26(19-23)37-2)33(32(36)31(28)35)25-13-7-4-8-14-25/h3,5-6,9-12,15-19,25,29,34H,4,7-8,13-14,20H2,1-2H3/b30-28-. The van der Waals surface area contributed by atoms with Gasteiger partial charge < -0.3 is 19.5 Å². The fourth-order valence-corrected chi connectivity index (χ4v) is 5.57.